The van der Waals surface area contributed by atoms with Gasteiger partial charge in [-0.3, -0.25) is 0 Å². The molecule has 0 aliphatic carbocycles. The van der Waals surface area contributed by atoms with Crippen LogP contribution >= 0.6 is 0 Å². The lowest BCUT2D eigenvalue weighted by Gasteiger charge is -1.89. The van der Waals surface area contributed by atoms with E-state index in [9.17, 15) is 0 Å². The number of imidazole rings is 1. The Morgan fingerprint density at radius 3 is 3.10 bits per heavy atom. The standard InChI is InChI=1S/C6H7N3O/c1-4-8-5-6(9(4)2)10-3-7-5/h3H,1-2H3. The van der Waals surface area contributed by atoms with Crippen molar-refractivity contribution in [2.24, 2.45) is 7.05 Å². The number of nitrogens with zero attached hydrogens (tertiary/aromatic N) is 3. The molecule has 0 spiro atoms. The molecule has 0 saturated heterocycles. The van der Waals surface area contributed by atoms with Crippen LogP contribution in [0.4, 0.5) is 0 Å². The summed E-state index contributed by atoms with van der Waals surface area (Å²) in [5.41, 5.74) is 1.41. The summed E-state index contributed by atoms with van der Waals surface area (Å²) in [6.45, 7) is 1.91. The summed E-state index contributed by atoms with van der Waals surface area (Å²) in [5.74, 6) is 0.918. The zero-order valence-corrected chi connectivity index (χ0v) is 5.83. The van der Waals surface area contributed by atoms with Crippen molar-refractivity contribution >= 4 is 11.4 Å². The largest absolute Gasteiger partial charge is 0.425 e. The molecule has 0 fully saturated rings. The first-order valence-corrected chi connectivity index (χ1v) is 3.01. The number of fused-ring (bicyclic) bond motifs is 1. The molecule has 2 aromatic heterocycles. The zero-order valence-electron chi connectivity index (χ0n) is 5.83. The van der Waals surface area contributed by atoms with Gasteiger partial charge in [0.15, 0.2) is 6.39 Å². The van der Waals surface area contributed by atoms with Gasteiger partial charge in [0, 0.05) is 7.05 Å². The lowest BCUT2D eigenvalue weighted by molar-refractivity contribution is 0.569. The molecule has 0 saturated carbocycles. The summed E-state index contributed by atoms with van der Waals surface area (Å²) in [7, 11) is 1.90. The maximum atomic E-state index is 5.06. The van der Waals surface area contributed by atoms with Crippen LogP contribution < -0.4 is 0 Å². The second-order valence-electron chi connectivity index (χ2n) is 2.20. The van der Waals surface area contributed by atoms with Crippen LogP contribution in [0.3, 0.4) is 0 Å². The van der Waals surface area contributed by atoms with Gasteiger partial charge in [-0.05, 0) is 6.92 Å². The number of aromatic nitrogens is 3. The van der Waals surface area contributed by atoms with Gasteiger partial charge in [-0.2, -0.15) is 4.98 Å². The van der Waals surface area contributed by atoms with Gasteiger partial charge in [0.25, 0.3) is 0 Å². The Hall–Kier alpha value is -1.32. The minimum atomic E-state index is 0.681. The van der Waals surface area contributed by atoms with Crippen molar-refractivity contribution in [3.8, 4) is 0 Å². The average Bonchev–Trinajstić information content (AvgIpc) is 2.41. The van der Waals surface area contributed by atoms with Crippen LogP contribution in [0.25, 0.3) is 11.4 Å². The molecule has 0 aliphatic rings. The molecule has 2 aromatic rings. The summed E-state index contributed by atoms with van der Waals surface area (Å²) in [4.78, 5) is 8.03. The first kappa shape index (κ1) is 5.46. The van der Waals surface area contributed by atoms with E-state index < -0.39 is 0 Å². The molecular formula is C6H7N3O. The number of hydrogen-bond donors (Lipinski definition) is 0. The highest BCUT2D eigenvalue weighted by molar-refractivity contribution is 5.63. The van der Waals surface area contributed by atoms with Gasteiger partial charge in [0.05, 0.1) is 0 Å². The third-order valence-corrected chi connectivity index (χ3v) is 1.59. The summed E-state index contributed by atoms with van der Waals surface area (Å²) >= 11 is 0. The Morgan fingerprint density at radius 2 is 2.40 bits per heavy atom. The van der Waals surface area contributed by atoms with Crippen LogP contribution in [0.2, 0.25) is 0 Å². The minimum absolute atomic E-state index is 0.681. The molecule has 2 heterocycles. The smallest absolute Gasteiger partial charge is 0.247 e. The van der Waals surface area contributed by atoms with E-state index in [0.717, 1.165) is 11.5 Å². The lowest BCUT2D eigenvalue weighted by Crippen LogP contribution is -1.89. The molecule has 0 bridgehead atoms. The van der Waals surface area contributed by atoms with Crippen molar-refractivity contribution in [3.05, 3.63) is 12.2 Å². The Bertz CT molecular complexity index is 360. The monoisotopic (exact) mass is 137 g/mol. The Labute approximate surface area is 57.5 Å². The normalized spacial score (nSPS) is 11.0. The van der Waals surface area contributed by atoms with Gasteiger partial charge in [-0.1, -0.05) is 0 Å². The van der Waals surface area contributed by atoms with Crippen molar-refractivity contribution in [1.29, 1.82) is 0 Å². The molecule has 0 atom stereocenters. The van der Waals surface area contributed by atoms with Crippen LogP contribution in [-0.4, -0.2) is 14.5 Å². The molecule has 4 heteroatoms. The fraction of sp³-hybridized carbons (Fsp3) is 0.333. The summed E-state index contributed by atoms with van der Waals surface area (Å²) in [6, 6.07) is 0. The highest BCUT2D eigenvalue weighted by atomic mass is 16.3. The van der Waals surface area contributed by atoms with E-state index in [1.807, 2.05) is 18.5 Å². The first-order valence-electron chi connectivity index (χ1n) is 3.01. The molecular weight excluding hydrogens is 130 g/mol. The van der Waals surface area contributed by atoms with Crippen molar-refractivity contribution in [2.45, 2.75) is 6.92 Å². The molecule has 0 unspecified atom stereocenters. The molecule has 0 amide bonds. The second-order valence-corrected chi connectivity index (χ2v) is 2.20. The van der Waals surface area contributed by atoms with E-state index in [0.29, 0.717) is 5.65 Å². The molecule has 0 aromatic carbocycles. The summed E-state index contributed by atoms with van der Waals surface area (Å²) < 4.78 is 6.92. The molecule has 0 N–H and O–H groups in total. The van der Waals surface area contributed by atoms with Gasteiger partial charge in [0.1, 0.15) is 5.82 Å². The number of hydrogen-bond acceptors (Lipinski definition) is 3. The van der Waals surface area contributed by atoms with Crippen LogP contribution in [0.1, 0.15) is 5.82 Å². The SMILES string of the molecule is Cc1nc2ncoc2n1C. The molecule has 0 radical (unpaired) electrons. The Balaban J connectivity index is 2.95. The van der Waals surface area contributed by atoms with Crippen LogP contribution in [0, 0.1) is 6.92 Å². The topological polar surface area (TPSA) is 43.9 Å². The molecule has 2 rings (SSSR count). The maximum absolute atomic E-state index is 5.06. The van der Waals surface area contributed by atoms with Gasteiger partial charge >= 0.3 is 0 Å². The third kappa shape index (κ3) is 0.504. The quantitative estimate of drug-likeness (QED) is 0.541. The maximum Gasteiger partial charge on any atom is 0.247 e. The van der Waals surface area contributed by atoms with Crippen LogP contribution in [0.5, 0.6) is 0 Å². The van der Waals surface area contributed by atoms with E-state index in [2.05, 4.69) is 9.97 Å². The van der Waals surface area contributed by atoms with Crippen LogP contribution in [-0.2, 0) is 7.05 Å². The van der Waals surface area contributed by atoms with E-state index in [-0.39, 0.29) is 0 Å². The van der Waals surface area contributed by atoms with Crippen molar-refractivity contribution in [2.75, 3.05) is 0 Å². The minimum Gasteiger partial charge on any atom is -0.425 e. The second kappa shape index (κ2) is 1.59. The number of aryl methyl sites for hydroxylation is 2. The van der Waals surface area contributed by atoms with Gasteiger partial charge in [-0.25, -0.2) is 4.98 Å². The van der Waals surface area contributed by atoms with E-state index >= 15 is 0 Å². The fourth-order valence-electron chi connectivity index (χ4n) is 0.915. The number of oxazole rings is 1. The molecule has 4 nitrogen and oxygen atoms in total. The highest BCUT2D eigenvalue weighted by Crippen LogP contribution is 2.10. The summed E-state index contributed by atoms with van der Waals surface area (Å²) in [5, 5.41) is 0. The van der Waals surface area contributed by atoms with Crippen molar-refractivity contribution in [3.63, 3.8) is 0 Å². The van der Waals surface area contributed by atoms with Crippen molar-refractivity contribution < 1.29 is 4.42 Å². The van der Waals surface area contributed by atoms with E-state index in [1.165, 1.54) is 6.39 Å². The first-order chi connectivity index (χ1) is 4.79. The van der Waals surface area contributed by atoms with Gasteiger partial charge in [0.2, 0.25) is 11.4 Å². The highest BCUT2D eigenvalue weighted by Gasteiger charge is 2.06. The average molecular weight is 137 g/mol. The van der Waals surface area contributed by atoms with E-state index in [1.54, 1.807) is 0 Å². The molecule has 10 heavy (non-hydrogen) atoms. The van der Waals surface area contributed by atoms with Gasteiger partial charge < -0.3 is 8.98 Å². The predicted molar refractivity (Wildman–Crippen MR) is 35.5 cm³/mol. The van der Waals surface area contributed by atoms with Crippen LogP contribution in [0.15, 0.2) is 10.8 Å². The Morgan fingerprint density at radius 1 is 1.60 bits per heavy atom. The predicted octanol–water partition coefficient (Wildman–Crippen LogP) is 0.870. The Kier molecular flexibility index (Phi) is 0.869. The van der Waals surface area contributed by atoms with Gasteiger partial charge in [-0.15, -0.1) is 0 Å². The van der Waals surface area contributed by atoms with E-state index in [4.69, 9.17) is 4.42 Å². The summed E-state index contributed by atoms with van der Waals surface area (Å²) in [6.07, 6.45) is 1.40. The fourth-order valence-corrected chi connectivity index (χ4v) is 0.915. The number of rotatable bonds is 0. The molecule has 52 valence electrons. The molecule has 0 aliphatic heterocycles. The van der Waals surface area contributed by atoms with Crippen molar-refractivity contribution in [1.82, 2.24) is 14.5 Å². The zero-order chi connectivity index (χ0) is 7.14. The third-order valence-electron chi connectivity index (χ3n) is 1.59. The lowest BCUT2D eigenvalue weighted by atomic mass is 10.7.